The number of urea groups is 1. The van der Waals surface area contributed by atoms with Gasteiger partial charge in [0.25, 0.3) is 0 Å². The first-order chi connectivity index (χ1) is 14.9. The van der Waals surface area contributed by atoms with Gasteiger partial charge in [0, 0.05) is 24.0 Å². The van der Waals surface area contributed by atoms with Crippen molar-refractivity contribution < 1.29 is 18.3 Å². The zero-order chi connectivity index (χ0) is 22.0. The Labute approximate surface area is 179 Å². The highest BCUT2D eigenvalue weighted by atomic mass is 19.1. The van der Waals surface area contributed by atoms with Gasteiger partial charge in [0.2, 0.25) is 5.95 Å². The Kier molecular flexibility index (Phi) is 6.03. The largest absolute Gasteiger partial charge is 0.459 e. The molecule has 2 amide bonds. The van der Waals surface area contributed by atoms with Gasteiger partial charge in [-0.05, 0) is 31.0 Å². The molecule has 1 unspecified atom stereocenters. The highest BCUT2D eigenvalue weighted by molar-refractivity contribution is 5.89. The van der Waals surface area contributed by atoms with Crippen molar-refractivity contribution in [3.8, 4) is 0 Å². The lowest BCUT2D eigenvalue weighted by Crippen LogP contribution is -2.37. The summed E-state index contributed by atoms with van der Waals surface area (Å²) in [6.45, 7) is 8.62. The van der Waals surface area contributed by atoms with Gasteiger partial charge in [-0.3, -0.25) is 0 Å². The second-order valence-electron chi connectivity index (χ2n) is 7.92. The number of amides is 2. The van der Waals surface area contributed by atoms with Crippen LogP contribution in [0.1, 0.15) is 31.2 Å². The number of benzene rings is 1. The lowest BCUT2D eigenvalue weighted by atomic mass is 9.98. The number of fused-ring (bicyclic) bond motifs is 1. The lowest BCUT2D eigenvalue weighted by molar-refractivity contribution is 0.122. The molecule has 1 saturated heterocycles. The third-order valence-corrected chi connectivity index (χ3v) is 5.36. The molecule has 9 heteroatoms. The highest BCUT2D eigenvalue weighted by Crippen LogP contribution is 2.33. The van der Waals surface area contributed by atoms with Crippen molar-refractivity contribution in [2.24, 2.45) is 5.92 Å². The van der Waals surface area contributed by atoms with E-state index < -0.39 is 6.03 Å². The monoisotopic (exact) mass is 427 g/mol. The quantitative estimate of drug-likeness (QED) is 0.639. The molecule has 2 N–H and O–H groups in total. The summed E-state index contributed by atoms with van der Waals surface area (Å²) in [6.07, 6.45) is 3.16. The first-order valence-corrected chi connectivity index (χ1v) is 10.3. The second-order valence-corrected chi connectivity index (χ2v) is 7.92. The summed E-state index contributed by atoms with van der Waals surface area (Å²) in [6, 6.07) is 3.63. The van der Waals surface area contributed by atoms with E-state index in [0.717, 1.165) is 18.7 Å². The van der Waals surface area contributed by atoms with Crippen LogP contribution in [0.2, 0.25) is 0 Å². The molecule has 3 aromatic rings. The molecular weight excluding hydrogens is 401 g/mol. The number of morpholine rings is 1. The molecule has 1 atom stereocenters. The summed E-state index contributed by atoms with van der Waals surface area (Å²) in [7, 11) is 0. The molecule has 1 aliphatic heterocycles. The van der Waals surface area contributed by atoms with Crippen LogP contribution in [0.4, 0.5) is 20.8 Å². The maximum atomic E-state index is 13.6. The summed E-state index contributed by atoms with van der Waals surface area (Å²) in [5.74, 6) is 0.953. The predicted octanol–water partition coefficient (Wildman–Crippen LogP) is 4.03. The lowest BCUT2D eigenvalue weighted by Gasteiger charge is -2.26. The van der Waals surface area contributed by atoms with E-state index in [9.17, 15) is 9.18 Å². The van der Waals surface area contributed by atoms with Crippen LogP contribution in [0.5, 0.6) is 0 Å². The van der Waals surface area contributed by atoms with E-state index in [0.29, 0.717) is 41.6 Å². The number of rotatable bonds is 5. The molecule has 0 spiro atoms. The molecule has 1 aromatic carbocycles. The maximum Gasteiger partial charge on any atom is 0.319 e. The number of nitrogens with one attached hydrogen (secondary N) is 2. The van der Waals surface area contributed by atoms with Crippen molar-refractivity contribution >= 4 is 28.6 Å². The zero-order valence-corrected chi connectivity index (χ0v) is 17.8. The van der Waals surface area contributed by atoms with E-state index in [1.165, 1.54) is 12.1 Å². The summed E-state index contributed by atoms with van der Waals surface area (Å²) in [4.78, 5) is 23.4. The van der Waals surface area contributed by atoms with Gasteiger partial charge in [0.1, 0.15) is 17.2 Å². The number of halogens is 1. The topological polar surface area (TPSA) is 92.5 Å². The van der Waals surface area contributed by atoms with Crippen LogP contribution < -0.4 is 15.5 Å². The maximum absolute atomic E-state index is 13.6. The van der Waals surface area contributed by atoms with Crippen LogP contribution in [-0.4, -0.2) is 42.3 Å². The number of carbonyl (C=O) groups excluding carboxylic acids is 1. The van der Waals surface area contributed by atoms with E-state index in [2.05, 4.69) is 20.6 Å². The SMILES string of the molecule is Cc1c(C(NC(=O)Nc2cnc(N3CCOCC3)nc2)C(C)C)oc2ccc(F)cc12. The standard InChI is InChI=1S/C22H26FN5O3/c1-13(2)19(20-14(3)17-10-15(23)4-5-18(17)31-20)27-22(29)26-16-11-24-21(25-12-16)28-6-8-30-9-7-28/h4-5,10-13,19H,6-9H2,1-3H3,(H2,26,27,29). The number of hydrogen-bond acceptors (Lipinski definition) is 6. The minimum Gasteiger partial charge on any atom is -0.459 e. The van der Waals surface area contributed by atoms with Gasteiger partial charge >= 0.3 is 6.03 Å². The van der Waals surface area contributed by atoms with Crippen molar-refractivity contribution in [3.63, 3.8) is 0 Å². The van der Waals surface area contributed by atoms with Crippen LogP contribution in [0.3, 0.4) is 0 Å². The first kappa shape index (κ1) is 21.0. The smallest absolute Gasteiger partial charge is 0.319 e. The molecule has 2 aromatic heterocycles. The molecule has 1 fully saturated rings. The Morgan fingerprint density at radius 1 is 1.19 bits per heavy atom. The van der Waals surface area contributed by atoms with Gasteiger partial charge in [0.15, 0.2) is 0 Å². The third-order valence-electron chi connectivity index (χ3n) is 5.36. The molecule has 31 heavy (non-hydrogen) atoms. The van der Waals surface area contributed by atoms with Gasteiger partial charge in [-0.25, -0.2) is 19.2 Å². The number of nitrogens with zero attached hydrogens (tertiary/aromatic N) is 3. The van der Waals surface area contributed by atoms with Crippen LogP contribution in [-0.2, 0) is 4.74 Å². The van der Waals surface area contributed by atoms with E-state index in [1.807, 2.05) is 25.7 Å². The number of anilines is 2. The summed E-state index contributed by atoms with van der Waals surface area (Å²) in [5.41, 5.74) is 1.89. The van der Waals surface area contributed by atoms with Gasteiger partial charge < -0.3 is 24.7 Å². The summed E-state index contributed by atoms with van der Waals surface area (Å²) < 4.78 is 24.9. The van der Waals surface area contributed by atoms with Crippen molar-refractivity contribution in [3.05, 3.63) is 47.7 Å². The van der Waals surface area contributed by atoms with E-state index in [-0.39, 0.29) is 17.8 Å². The zero-order valence-electron chi connectivity index (χ0n) is 17.8. The fourth-order valence-corrected chi connectivity index (χ4v) is 3.66. The Balaban J connectivity index is 1.46. The first-order valence-electron chi connectivity index (χ1n) is 10.3. The van der Waals surface area contributed by atoms with Gasteiger partial charge in [-0.1, -0.05) is 13.8 Å². The van der Waals surface area contributed by atoms with Crippen LogP contribution in [0, 0.1) is 18.7 Å². The fourth-order valence-electron chi connectivity index (χ4n) is 3.66. The molecule has 8 nitrogen and oxygen atoms in total. The van der Waals surface area contributed by atoms with Crippen molar-refractivity contribution in [2.75, 3.05) is 36.5 Å². The van der Waals surface area contributed by atoms with Crippen LogP contribution in [0.15, 0.2) is 35.0 Å². The molecule has 0 aliphatic carbocycles. The number of ether oxygens (including phenoxy) is 1. The number of carbonyl (C=O) groups is 1. The Morgan fingerprint density at radius 3 is 2.58 bits per heavy atom. The highest BCUT2D eigenvalue weighted by Gasteiger charge is 2.25. The third kappa shape index (κ3) is 4.61. The number of hydrogen-bond donors (Lipinski definition) is 2. The summed E-state index contributed by atoms with van der Waals surface area (Å²) in [5, 5.41) is 6.43. The minimum absolute atomic E-state index is 0.0507. The summed E-state index contributed by atoms with van der Waals surface area (Å²) >= 11 is 0. The fraction of sp³-hybridized carbons (Fsp3) is 0.409. The van der Waals surface area contributed by atoms with Crippen LogP contribution >= 0.6 is 0 Å². The van der Waals surface area contributed by atoms with Crippen molar-refractivity contribution in [1.82, 2.24) is 15.3 Å². The number of furan rings is 1. The van der Waals surface area contributed by atoms with Crippen molar-refractivity contribution in [2.45, 2.75) is 26.8 Å². The molecule has 0 saturated carbocycles. The van der Waals surface area contributed by atoms with Crippen LogP contribution in [0.25, 0.3) is 11.0 Å². The Bertz CT molecular complexity index is 1060. The predicted molar refractivity (Wildman–Crippen MR) is 116 cm³/mol. The normalized spacial score (nSPS) is 15.3. The molecule has 0 radical (unpaired) electrons. The van der Waals surface area contributed by atoms with Crippen molar-refractivity contribution in [1.29, 1.82) is 0 Å². The average molecular weight is 427 g/mol. The Morgan fingerprint density at radius 2 is 1.90 bits per heavy atom. The molecular formula is C22H26FN5O3. The van der Waals surface area contributed by atoms with Gasteiger partial charge in [-0.2, -0.15) is 0 Å². The Hall–Kier alpha value is -3.20. The molecule has 0 bridgehead atoms. The molecule has 164 valence electrons. The second kappa shape index (κ2) is 8.89. The van der Waals surface area contributed by atoms with Gasteiger partial charge in [-0.15, -0.1) is 0 Å². The van der Waals surface area contributed by atoms with Gasteiger partial charge in [0.05, 0.1) is 37.3 Å². The minimum atomic E-state index is -0.396. The number of aromatic nitrogens is 2. The molecule has 3 heterocycles. The average Bonchev–Trinajstić information content (AvgIpc) is 3.08. The van der Waals surface area contributed by atoms with E-state index in [1.54, 1.807) is 18.5 Å². The number of aryl methyl sites for hydroxylation is 1. The molecule has 1 aliphatic rings. The van der Waals surface area contributed by atoms with E-state index >= 15 is 0 Å². The van der Waals surface area contributed by atoms with E-state index in [4.69, 9.17) is 9.15 Å². The molecule has 4 rings (SSSR count).